The fourth-order valence-electron chi connectivity index (χ4n) is 0.139. The Balaban J connectivity index is 0.000000360. The minimum absolute atomic E-state index is 0. The van der Waals surface area contributed by atoms with E-state index < -0.39 is 0 Å². The smallest absolute Gasteiger partial charge is 0.0478 e. The van der Waals surface area contributed by atoms with Crippen LogP contribution in [-0.4, -0.2) is 0 Å². The fourth-order valence-corrected chi connectivity index (χ4v) is 4.68. The van der Waals surface area contributed by atoms with Crippen molar-refractivity contribution in [1.29, 1.82) is 0 Å². The molecule has 0 unspecified atom stereocenters. The van der Waals surface area contributed by atoms with Gasteiger partial charge in [0.05, 0.1) is 0 Å². The third-order valence-electron chi connectivity index (χ3n) is 0.318. The first kappa shape index (κ1) is 9.52. The van der Waals surface area contributed by atoms with Gasteiger partial charge in [-0.2, -0.15) is 0 Å². The first-order chi connectivity index (χ1) is 2.89. The van der Waals surface area contributed by atoms with Crippen molar-refractivity contribution in [2.24, 2.45) is 0 Å². The summed E-state index contributed by atoms with van der Waals surface area (Å²) in [5.41, 5.74) is 0. The van der Waals surface area contributed by atoms with Gasteiger partial charge in [-0.1, -0.05) is 0 Å². The van der Waals surface area contributed by atoms with Crippen LogP contribution in [0.1, 0.15) is 0 Å². The van der Waals surface area contributed by atoms with Gasteiger partial charge in [-0.05, 0) is 20.6 Å². The number of rotatable bonds is 0. The van der Waals surface area contributed by atoms with Crippen molar-refractivity contribution in [3.63, 3.8) is 0 Å². The summed E-state index contributed by atoms with van der Waals surface area (Å²) in [7, 11) is 5.28. The molecule has 0 atom stereocenters. The summed E-state index contributed by atoms with van der Waals surface area (Å²) in [5.74, 6) is 0. The van der Waals surface area contributed by atoms with Crippen LogP contribution in [0.5, 0.6) is 0 Å². The van der Waals surface area contributed by atoms with Crippen LogP contribution < -0.4 is 0 Å². The summed E-state index contributed by atoms with van der Waals surface area (Å²) in [4.78, 5) is 0. The van der Waals surface area contributed by atoms with Crippen LogP contribution in [0.3, 0.4) is 0 Å². The van der Waals surface area contributed by atoms with Gasteiger partial charge in [-0.15, -0.1) is 0 Å². The molecular formula is C2H3CeS4+4. The molecule has 35 valence electrons. The molecule has 0 amide bonds. The standard InChI is InChI=1S/C2H2S4.Ce/c3-2-1-4-6-5-2;/h1,3H;/q;+3/p+1. The van der Waals surface area contributed by atoms with E-state index in [0.29, 0.717) is 0 Å². The van der Waals surface area contributed by atoms with Gasteiger partial charge in [-0.3, -0.25) is 0 Å². The predicted molar refractivity (Wildman–Crippen MR) is 41.0 cm³/mol. The van der Waals surface area contributed by atoms with E-state index in [2.05, 4.69) is 18.0 Å². The Morgan fingerprint density at radius 3 is 2.43 bits per heavy atom. The minimum atomic E-state index is 0. The summed E-state index contributed by atoms with van der Waals surface area (Å²) in [6.45, 7) is 0. The van der Waals surface area contributed by atoms with E-state index in [1.165, 1.54) is 4.24 Å². The van der Waals surface area contributed by atoms with Crippen molar-refractivity contribution in [1.82, 2.24) is 0 Å². The summed E-state index contributed by atoms with van der Waals surface area (Å²) in [6, 6.07) is 0. The topological polar surface area (TPSA) is 0 Å². The Morgan fingerprint density at radius 1 is 1.57 bits per heavy atom. The van der Waals surface area contributed by atoms with E-state index in [9.17, 15) is 0 Å². The zero-order chi connectivity index (χ0) is 4.41. The van der Waals surface area contributed by atoms with Crippen LogP contribution in [0.2, 0.25) is 0 Å². The quantitative estimate of drug-likeness (QED) is 0.494. The van der Waals surface area contributed by atoms with Crippen molar-refractivity contribution >= 4 is 44.0 Å². The maximum atomic E-state index is 3.36. The van der Waals surface area contributed by atoms with E-state index in [1.807, 2.05) is 0 Å². The Labute approximate surface area is 93.6 Å². The summed E-state index contributed by atoms with van der Waals surface area (Å²) in [6.07, 6.45) is 0. The molecule has 0 aromatic carbocycles. The third-order valence-corrected chi connectivity index (χ3v) is 4.93. The maximum absolute atomic E-state index is 3.36. The molecule has 1 rings (SSSR count). The third kappa shape index (κ3) is 3.99. The Kier molecular flexibility index (Phi) is 7.22. The molecule has 1 aliphatic rings. The van der Waals surface area contributed by atoms with Crippen LogP contribution in [0.25, 0.3) is 0 Å². The second-order valence-corrected chi connectivity index (χ2v) is 5.51. The van der Waals surface area contributed by atoms with E-state index >= 15 is 0 Å². The SMILES string of the molecule is [Ce+3].[SH2+]C1=CSSS1. The van der Waals surface area contributed by atoms with E-state index in [1.54, 1.807) is 31.4 Å². The van der Waals surface area contributed by atoms with Crippen molar-refractivity contribution in [2.45, 2.75) is 0 Å². The average molecular weight is 295 g/mol. The monoisotopic (exact) mass is 295 g/mol. The van der Waals surface area contributed by atoms with Gasteiger partial charge in [0.15, 0.2) is 0 Å². The van der Waals surface area contributed by atoms with Crippen molar-refractivity contribution in [2.75, 3.05) is 0 Å². The zero-order valence-corrected chi connectivity index (χ0v) is 9.89. The summed E-state index contributed by atoms with van der Waals surface area (Å²) >= 11 is 3.36. The molecule has 0 aromatic rings. The zero-order valence-electron chi connectivity index (χ0n) is 3.30. The van der Waals surface area contributed by atoms with Crippen molar-refractivity contribution in [3.05, 3.63) is 9.65 Å². The van der Waals surface area contributed by atoms with Gasteiger partial charge in [0.2, 0.25) is 4.24 Å². The number of hydrogen-bond acceptors (Lipinski definition) is 3. The Hall–Kier alpha value is 2.52. The molecule has 0 saturated carbocycles. The summed E-state index contributed by atoms with van der Waals surface area (Å²) in [5, 5.41) is 2.08. The second-order valence-electron chi connectivity index (χ2n) is 0.730. The van der Waals surface area contributed by atoms with Crippen LogP contribution in [0.15, 0.2) is 9.65 Å². The van der Waals surface area contributed by atoms with Crippen LogP contribution in [0.4, 0.5) is 0 Å². The number of hydrogen-bond donors (Lipinski definition) is 0. The van der Waals surface area contributed by atoms with Gasteiger partial charge in [0.1, 0.15) is 0 Å². The molecule has 0 aliphatic carbocycles. The van der Waals surface area contributed by atoms with Crippen LogP contribution >= 0.6 is 31.4 Å². The normalized spacial score (nSPS) is 18.1. The average Bonchev–Trinajstić information content (AvgIpc) is 1.86. The molecule has 0 fully saturated rings. The molecule has 0 nitrogen and oxygen atoms in total. The minimum Gasteiger partial charge on any atom is -0.0478 e. The molecule has 1 aliphatic heterocycles. The van der Waals surface area contributed by atoms with E-state index in [4.69, 9.17) is 0 Å². The maximum Gasteiger partial charge on any atom is 3.00 e. The molecular weight excluding hydrogens is 292 g/mol. The molecule has 1 radical (unpaired) electrons. The van der Waals surface area contributed by atoms with Gasteiger partial charge < -0.3 is 0 Å². The molecule has 0 spiro atoms. The second kappa shape index (κ2) is 5.31. The Bertz CT molecular complexity index is 79.8. The van der Waals surface area contributed by atoms with E-state index in [-0.39, 0.29) is 41.7 Å². The Morgan fingerprint density at radius 2 is 2.29 bits per heavy atom. The van der Waals surface area contributed by atoms with Crippen LogP contribution in [0, 0.1) is 41.7 Å². The molecule has 0 bridgehead atoms. The van der Waals surface area contributed by atoms with Crippen LogP contribution in [-0.2, 0) is 12.6 Å². The van der Waals surface area contributed by atoms with Gasteiger partial charge >= 0.3 is 41.7 Å². The van der Waals surface area contributed by atoms with Gasteiger partial charge in [0, 0.05) is 28.8 Å². The van der Waals surface area contributed by atoms with Crippen molar-refractivity contribution in [3.8, 4) is 0 Å². The molecule has 1 heterocycles. The fraction of sp³-hybridized carbons (Fsp3) is 0. The first-order valence-electron chi connectivity index (χ1n) is 1.31. The van der Waals surface area contributed by atoms with E-state index in [0.717, 1.165) is 0 Å². The van der Waals surface area contributed by atoms with Gasteiger partial charge in [0.25, 0.3) is 0 Å². The predicted octanol–water partition coefficient (Wildman–Crippen LogP) is 1.84. The molecule has 7 heavy (non-hydrogen) atoms. The molecule has 0 N–H and O–H groups in total. The molecule has 0 saturated heterocycles. The molecule has 0 aromatic heterocycles. The summed E-state index contributed by atoms with van der Waals surface area (Å²) < 4.78 is 1.23. The first-order valence-corrected chi connectivity index (χ1v) is 5.36. The largest absolute Gasteiger partial charge is 3.00 e. The van der Waals surface area contributed by atoms with Gasteiger partial charge in [-0.25, -0.2) is 0 Å². The molecule has 5 heteroatoms. The van der Waals surface area contributed by atoms with Crippen molar-refractivity contribution < 1.29 is 41.7 Å².